The number of carbonyl (C=O) groups is 1. The van der Waals surface area contributed by atoms with E-state index < -0.39 is 10.0 Å². The second kappa shape index (κ2) is 10.3. The van der Waals surface area contributed by atoms with E-state index in [1.54, 1.807) is 48.7 Å². The van der Waals surface area contributed by atoms with E-state index in [1.165, 1.54) is 12.8 Å². The number of anilines is 1. The molecule has 1 aromatic heterocycles. The van der Waals surface area contributed by atoms with Gasteiger partial charge in [-0.1, -0.05) is 42.5 Å². The summed E-state index contributed by atoms with van der Waals surface area (Å²) in [5.74, 6) is 1.11. The molecule has 2 aromatic carbocycles. The minimum Gasteiger partial charge on any atom is -0.332 e. The van der Waals surface area contributed by atoms with Crippen molar-refractivity contribution in [3.05, 3.63) is 90.7 Å². The molecule has 1 saturated carbocycles. The van der Waals surface area contributed by atoms with E-state index >= 15 is 0 Å². The fourth-order valence-electron chi connectivity index (χ4n) is 5.55. The Bertz CT molecular complexity index is 1490. The Labute approximate surface area is 223 Å². The van der Waals surface area contributed by atoms with Gasteiger partial charge in [0.05, 0.1) is 11.6 Å². The molecule has 7 nitrogen and oxygen atoms in total. The summed E-state index contributed by atoms with van der Waals surface area (Å²) >= 11 is 0. The predicted molar refractivity (Wildman–Crippen MR) is 149 cm³/mol. The van der Waals surface area contributed by atoms with Gasteiger partial charge >= 0.3 is 0 Å². The highest BCUT2D eigenvalue weighted by Crippen LogP contribution is 2.32. The first kappa shape index (κ1) is 24.8. The largest absolute Gasteiger partial charge is 0.332 e. The van der Waals surface area contributed by atoms with Gasteiger partial charge in [-0.2, -0.15) is 0 Å². The molecule has 1 amide bonds. The van der Waals surface area contributed by atoms with Crippen LogP contribution in [0.1, 0.15) is 29.6 Å². The number of pyridine rings is 1. The van der Waals surface area contributed by atoms with Crippen LogP contribution in [0.4, 0.5) is 5.69 Å². The van der Waals surface area contributed by atoms with E-state index in [0.29, 0.717) is 29.2 Å². The van der Waals surface area contributed by atoms with Gasteiger partial charge < -0.3 is 4.90 Å². The van der Waals surface area contributed by atoms with Crippen LogP contribution in [0.3, 0.4) is 0 Å². The SMILES string of the molecule is O=C(c1ccc(NS(=O)(=O)c2cccc3cccnc23)cc1)N1CCN(CC2CC2)CC1C1C=CC=CC1. The molecule has 1 saturated heterocycles. The van der Waals surface area contributed by atoms with Crippen LogP contribution in [0.25, 0.3) is 10.9 Å². The molecular formula is C30H32N4O3S. The molecule has 3 aromatic rings. The normalized spacial score (nSPS) is 22.1. The third kappa shape index (κ3) is 5.24. The van der Waals surface area contributed by atoms with Crippen LogP contribution in [0.5, 0.6) is 0 Å². The summed E-state index contributed by atoms with van der Waals surface area (Å²) in [5, 5.41) is 0.756. The summed E-state index contributed by atoms with van der Waals surface area (Å²) < 4.78 is 29.0. The topological polar surface area (TPSA) is 82.6 Å². The van der Waals surface area contributed by atoms with Gasteiger partial charge in [0.15, 0.2) is 0 Å². The van der Waals surface area contributed by atoms with Gasteiger partial charge in [-0.05, 0) is 61.6 Å². The van der Waals surface area contributed by atoms with Crippen molar-refractivity contribution in [2.24, 2.45) is 11.8 Å². The maximum absolute atomic E-state index is 13.7. The van der Waals surface area contributed by atoms with Crippen LogP contribution in [-0.4, -0.2) is 61.3 Å². The molecule has 0 bridgehead atoms. The van der Waals surface area contributed by atoms with E-state index in [1.807, 2.05) is 17.0 Å². The van der Waals surface area contributed by atoms with Gasteiger partial charge in [0.2, 0.25) is 0 Å². The number of rotatable bonds is 7. The first-order valence-electron chi connectivity index (χ1n) is 13.3. The number of para-hydroxylation sites is 1. The number of amides is 1. The monoisotopic (exact) mass is 528 g/mol. The Balaban J connectivity index is 1.19. The fraction of sp³-hybridized carbons (Fsp3) is 0.333. The summed E-state index contributed by atoms with van der Waals surface area (Å²) in [6.45, 7) is 3.61. The standard InChI is InChI=1S/C30H32N4O3S/c35-30(34-19-18-33(20-22-11-12-22)21-27(34)23-6-2-1-3-7-23)25-13-15-26(16-14-25)32-38(36,37)28-10-4-8-24-9-5-17-31-29(24)28/h1-6,8-10,13-17,22-23,27,32H,7,11-12,18-21H2. The summed E-state index contributed by atoms with van der Waals surface area (Å²) in [7, 11) is -3.86. The lowest BCUT2D eigenvalue weighted by molar-refractivity contribution is 0.0350. The highest BCUT2D eigenvalue weighted by molar-refractivity contribution is 7.93. The Morgan fingerprint density at radius 2 is 1.82 bits per heavy atom. The van der Waals surface area contributed by atoms with Crippen molar-refractivity contribution in [2.45, 2.75) is 30.2 Å². The molecule has 6 rings (SSSR count). The Morgan fingerprint density at radius 3 is 2.58 bits per heavy atom. The summed E-state index contributed by atoms with van der Waals surface area (Å²) in [5.41, 5.74) is 1.39. The van der Waals surface area contributed by atoms with Crippen LogP contribution in [0, 0.1) is 11.8 Å². The van der Waals surface area contributed by atoms with Crippen molar-refractivity contribution in [1.82, 2.24) is 14.8 Å². The predicted octanol–water partition coefficient (Wildman–Crippen LogP) is 4.70. The molecule has 1 N–H and O–H groups in total. The maximum atomic E-state index is 13.7. The number of fused-ring (bicyclic) bond motifs is 1. The molecule has 2 heterocycles. The van der Waals surface area contributed by atoms with Gasteiger partial charge in [0, 0.05) is 54.9 Å². The van der Waals surface area contributed by atoms with E-state index in [2.05, 4.69) is 38.9 Å². The average Bonchev–Trinajstić information content (AvgIpc) is 3.77. The Kier molecular flexibility index (Phi) is 6.76. The van der Waals surface area contributed by atoms with E-state index in [4.69, 9.17) is 0 Å². The van der Waals surface area contributed by atoms with Crippen molar-refractivity contribution in [3.63, 3.8) is 0 Å². The number of nitrogens with one attached hydrogen (secondary N) is 1. The molecule has 8 heteroatoms. The van der Waals surface area contributed by atoms with Crippen LogP contribution < -0.4 is 4.72 Å². The second-order valence-corrected chi connectivity index (χ2v) is 12.1. The first-order chi connectivity index (χ1) is 18.5. The number of piperazine rings is 1. The molecule has 38 heavy (non-hydrogen) atoms. The Hall–Kier alpha value is -3.49. The highest BCUT2D eigenvalue weighted by Gasteiger charge is 2.37. The van der Waals surface area contributed by atoms with Crippen molar-refractivity contribution >= 4 is 32.5 Å². The van der Waals surface area contributed by atoms with Crippen molar-refractivity contribution in [3.8, 4) is 0 Å². The quantitative estimate of drug-likeness (QED) is 0.481. The van der Waals surface area contributed by atoms with Gasteiger partial charge in [-0.25, -0.2) is 8.42 Å². The lowest BCUT2D eigenvalue weighted by Crippen LogP contribution is -2.57. The van der Waals surface area contributed by atoms with Gasteiger partial charge in [-0.15, -0.1) is 0 Å². The van der Waals surface area contributed by atoms with Crippen LogP contribution in [0.2, 0.25) is 0 Å². The van der Waals surface area contributed by atoms with Crippen molar-refractivity contribution < 1.29 is 13.2 Å². The average molecular weight is 529 g/mol. The lowest BCUT2D eigenvalue weighted by Gasteiger charge is -2.44. The van der Waals surface area contributed by atoms with Crippen LogP contribution in [-0.2, 0) is 10.0 Å². The fourth-order valence-corrected chi connectivity index (χ4v) is 6.79. The zero-order chi connectivity index (χ0) is 26.1. The number of hydrogen-bond acceptors (Lipinski definition) is 5. The minimum atomic E-state index is -3.86. The van der Waals surface area contributed by atoms with Crippen molar-refractivity contribution in [2.75, 3.05) is 30.9 Å². The van der Waals surface area contributed by atoms with E-state index in [-0.39, 0.29) is 16.8 Å². The lowest BCUT2D eigenvalue weighted by atomic mass is 9.89. The molecule has 2 unspecified atom stereocenters. The van der Waals surface area contributed by atoms with Gasteiger partial charge in [0.1, 0.15) is 4.90 Å². The zero-order valence-electron chi connectivity index (χ0n) is 21.2. The molecule has 0 radical (unpaired) electrons. The maximum Gasteiger partial charge on any atom is 0.264 e. The molecule has 2 aliphatic carbocycles. The van der Waals surface area contributed by atoms with Gasteiger partial charge in [0.25, 0.3) is 15.9 Å². The third-order valence-corrected chi connectivity index (χ3v) is 9.17. The number of nitrogens with zero attached hydrogens (tertiary/aromatic N) is 3. The number of sulfonamides is 1. The minimum absolute atomic E-state index is 0.00307. The van der Waals surface area contributed by atoms with E-state index in [9.17, 15) is 13.2 Å². The summed E-state index contributed by atoms with van der Waals surface area (Å²) in [4.78, 5) is 22.6. The van der Waals surface area contributed by atoms with Crippen LogP contribution in [0.15, 0.2) is 90.0 Å². The summed E-state index contributed by atoms with van der Waals surface area (Å²) in [6, 6.07) is 15.6. The smallest absolute Gasteiger partial charge is 0.264 e. The van der Waals surface area contributed by atoms with Crippen molar-refractivity contribution in [1.29, 1.82) is 0 Å². The molecule has 0 spiro atoms. The molecular weight excluding hydrogens is 496 g/mol. The number of hydrogen-bond donors (Lipinski definition) is 1. The number of benzene rings is 2. The second-order valence-electron chi connectivity index (χ2n) is 10.5. The summed E-state index contributed by atoms with van der Waals surface area (Å²) in [6.07, 6.45) is 13.7. The van der Waals surface area contributed by atoms with E-state index in [0.717, 1.165) is 37.4 Å². The van der Waals surface area contributed by atoms with Gasteiger partial charge in [-0.3, -0.25) is 19.4 Å². The molecule has 196 valence electrons. The molecule has 2 atom stereocenters. The highest BCUT2D eigenvalue weighted by atomic mass is 32.2. The zero-order valence-corrected chi connectivity index (χ0v) is 22.1. The number of allylic oxidation sites excluding steroid dienone is 3. The number of carbonyl (C=O) groups excluding carboxylic acids is 1. The third-order valence-electron chi connectivity index (χ3n) is 7.75. The van der Waals surface area contributed by atoms with Crippen LogP contribution >= 0.6 is 0 Å². The first-order valence-corrected chi connectivity index (χ1v) is 14.8. The molecule has 2 fully saturated rings. The molecule has 3 aliphatic rings. The Morgan fingerprint density at radius 1 is 1.00 bits per heavy atom. The molecule has 1 aliphatic heterocycles. The number of aromatic nitrogens is 1.